The standard InChI is InChI=1S/C24H28FN3O5S/c25-18-4-6-19(7-5-18)26-12-14-28(15-13-26)34(30,31)20-8-9-21-22(16-20)32-17-23(33-21)24(29)27-10-2-1-3-11-27/h4-9,16,23H,1-3,10-15,17H2/t23-/m1/s1. The molecule has 0 aliphatic carbocycles. The maximum atomic E-state index is 13.2. The lowest BCUT2D eigenvalue weighted by Gasteiger charge is -2.35. The van der Waals surface area contributed by atoms with E-state index in [-0.39, 0.29) is 23.2 Å². The van der Waals surface area contributed by atoms with E-state index in [4.69, 9.17) is 9.47 Å². The van der Waals surface area contributed by atoms with E-state index in [1.165, 1.54) is 28.6 Å². The van der Waals surface area contributed by atoms with E-state index in [1.54, 1.807) is 18.2 Å². The van der Waals surface area contributed by atoms with E-state index in [0.29, 0.717) is 37.7 Å². The Labute approximate surface area is 198 Å². The van der Waals surface area contributed by atoms with Crippen LogP contribution in [-0.4, -0.2) is 75.5 Å². The normalized spacial score (nSPS) is 21.4. The monoisotopic (exact) mass is 489 g/mol. The summed E-state index contributed by atoms with van der Waals surface area (Å²) in [4.78, 5) is 16.7. The molecule has 3 heterocycles. The molecule has 8 nitrogen and oxygen atoms in total. The number of rotatable bonds is 4. The van der Waals surface area contributed by atoms with Gasteiger partial charge in [0.1, 0.15) is 12.4 Å². The van der Waals surface area contributed by atoms with Crippen molar-refractivity contribution >= 4 is 21.6 Å². The first kappa shape index (κ1) is 22.9. The number of sulfonamides is 1. The fraction of sp³-hybridized carbons (Fsp3) is 0.458. The summed E-state index contributed by atoms with van der Waals surface area (Å²) in [6, 6.07) is 10.7. The van der Waals surface area contributed by atoms with E-state index in [1.807, 2.05) is 9.80 Å². The van der Waals surface area contributed by atoms with Crippen LogP contribution in [0.25, 0.3) is 0 Å². The first-order valence-electron chi connectivity index (χ1n) is 11.6. The number of hydrogen-bond donors (Lipinski definition) is 0. The highest BCUT2D eigenvalue weighted by atomic mass is 32.2. The molecule has 5 rings (SSSR count). The third-order valence-electron chi connectivity index (χ3n) is 6.59. The van der Waals surface area contributed by atoms with Crippen molar-refractivity contribution in [3.63, 3.8) is 0 Å². The Kier molecular flexibility index (Phi) is 6.35. The molecule has 0 N–H and O–H groups in total. The van der Waals surface area contributed by atoms with Gasteiger partial charge in [-0.05, 0) is 55.7 Å². The number of carbonyl (C=O) groups excluding carboxylic acids is 1. The molecule has 0 radical (unpaired) electrons. The van der Waals surface area contributed by atoms with Crippen LogP contribution in [0.2, 0.25) is 0 Å². The predicted molar refractivity (Wildman–Crippen MR) is 124 cm³/mol. The minimum atomic E-state index is -3.72. The molecule has 0 bridgehead atoms. The van der Waals surface area contributed by atoms with Crippen molar-refractivity contribution in [3.05, 3.63) is 48.3 Å². The highest BCUT2D eigenvalue weighted by Crippen LogP contribution is 2.35. The van der Waals surface area contributed by atoms with Gasteiger partial charge in [-0.15, -0.1) is 0 Å². The van der Waals surface area contributed by atoms with Gasteiger partial charge >= 0.3 is 0 Å². The lowest BCUT2D eigenvalue weighted by atomic mass is 10.1. The lowest BCUT2D eigenvalue weighted by Crippen LogP contribution is -2.49. The number of fused-ring (bicyclic) bond motifs is 1. The van der Waals surface area contributed by atoms with E-state index >= 15 is 0 Å². The summed E-state index contributed by atoms with van der Waals surface area (Å²) in [6.45, 7) is 3.18. The second-order valence-corrected chi connectivity index (χ2v) is 10.7. The number of benzene rings is 2. The van der Waals surface area contributed by atoms with Gasteiger partial charge in [0.2, 0.25) is 16.1 Å². The van der Waals surface area contributed by atoms with Crippen LogP contribution in [0.3, 0.4) is 0 Å². The molecule has 0 aromatic heterocycles. The smallest absolute Gasteiger partial charge is 0.267 e. The Morgan fingerprint density at radius 3 is 2.29 bits per heavy atom. The molecule has 1 amide bonds. The first-order valence-corrected chi connectivity index (χ1v) is 13.1. The zero-order valence-corrected chi connectivity index (χ0v) is 19.7. The van der Waals surface area contributed by atoms with Gasteiger partial charge in [-0.25, -0.2) is 12.8 Å². The highest BCUT2D eigenvalue weighted by Gasteiger charge is 2.34. The van der Waals surface area contributed by atoms with Gasteiger partial charge in [0, 0.05) is 51.0 Å². The topological polar surface area (TPSA) is 79.4 Å². The number of piperazine rings is 1. The molecule has 2 fully saturated rings. The van der Waals surface area contributed by atoms with Crippen LogP contribution in [0.15, 0.2) is 47.4 Å². The van der Waals surface area contributed by atoms with Crippen LogP contribution in [0.5, 0.6) is 11.5 Å². The predicted octanol–water partition coefficient (Wildman–Crippen LogP) is 2.49. The lowest BCUT2D eigenvalue weighted by molar-refractivity contribution is -0.142. The van der Waals surface area contributed by atoms with E-state index in [0.717, 1.165) is 38.0 Å². The van der Waals surface area contributed by atoms with Crippen LogP contribution in [0, 0.1) is 5.82 Å². The van der Waals surface area contributed by atoms with E-state index < -0.39 is 16.1 Å². The summed E-state index contributed by atoms with van der Waals surface area (Å²) in [7, 11) is -3.72. The quantitative estimate of drug-likeness (QED) is 0.657. The molecule has 3 aliphatic heterocycles. The molecule has 2 aromatic carbocycles. The van der Waals surface area contributed by atoms with Crippen molar-refractivity contribution in [1.29, 1.82) is 0 Å². The van der Waals surface area contributed by atoms with Crippen molar-refractivity contribution < 1.29 is 27.1 Å². The molecule has 0 unspecified atom stereocenters. The Balaban J connectivity index is 1.24. The van der Waals surface area contributed by atoms with Gasteiger partial charge in [0.25, 0.3) is 5.91 Å². The molecule has 2 saturated heterocycles. The number of hydrogen-bond acceptors (Lipinski definition) is 6. The SMILES string of the molecule is O=C([C@H]1COc2cc(S(=O)(=O)N3CCN(c4ccc(F)cc4)CC3)ccc2O1)N1CCCCC1. The number of carbonyl (C=O) groups is 1. The third-order valence-corrected chi connectivity index (χ3v) is 8.48. The van der Waals surface area contributed by atoms with Crippen LogP contribution in [0.1, 0.15) is 19.3 Å². The molecule has 0 saturated carbocycles. The van der Waals surface area contributed by atoms with Crippen molar-refractivity contribution in [2.45, 2.75) is 30.3 Å². The van der Waals surface area contributed by atoms with Gasteiger partial charge in [-0.1, -0.05) is 0 Å². The fourth-order valence-corrected chi connectivity index (χ4v) is 6.08. The van der Waals surface area contributed by atoms with Crippen LogP contribution in [-0.2, 0) is 14.8 Å². The summed E-state index contributed by atoms with van der Waals surface area (Å²) in [5, 5.41) is 0. The summed E-state index contributed by atoms with van der Waals surface area (Å²) in [5.74, 6) is 0.322. The second kappa shape index (κ2) is 9.42. The summed E-state index contributed by atoms with van der Waals surface area (Å²) in [5.41, 5.74) is 0.867. The van der Waals surface area contributed by atoms with Crippen molar-refractivity contribution in [2.24, 2.45) is 0 Å². The number of likely N-dealkylation sites (tertiary alicyclic amines) is 1. The maximum absolute atomic E-state index is 13.2. The Hall–Kier alpha value is -2.85. The number of anilines is 1. The van der Waals surface area contributed by atoms with Crippen LogP contribution in [0.4, 0.5) is 10.1 Å². The molecule has 0 spiro atoms. The second-order valence-electron chi connectivity index (χ2n) is 8.78. The van der Waals surface area contributed by atoms with Gasteiger partial charge < -0.3 is 19.3 Å². The molecule has 3 aliphatic rings. The van der Waals surface area contributed by atoms with E-state index in [2.05, 4.69) is 0 Å². The average molecular weight is 490 g/mol. The minimum Gasteiger partial charge on any atom is -0.485 e. The van der Waals surface area contributed by atoms with Gasteiger partial charge in [0.15, 0.2) is 11.5 Å². The summed E-state index contributed by atoms with van der Waals surface area (Å²) < 4.78 is 52.7. The molecule has 182 valence electrons. The van der Waals surface area contributed by atoms with Gasteiger partial charge in [0.05, 0.1) is 4.90 Å². The van der Waals surface area contributed by atoms with Crippen molar-refractivity contribution in [3.8, 4) is 11.5 Å². The van der Waals surface area contributed by atoms with Crippen LogP contribution < -0.4 is 14.4 Å². The maximum Gasteiger partial charge on any atom is 0.267 e. The molecule has 10 heteroatoms. The highest BCUT2D eigenvalue weighted by molar-refractivity contribution is 7.89. The average Bonchev–Trinajstić information content (AvgIpc) is 2.88. The number of amides is 1. The van der Waals surface area contributed by atoms with Gasteiger partial charge in [-0.3, -0.25) is 4.79 Å². The Morgan fingerprint density at radius 2 is 1.59 bits per heavy atom. The Morgan fingerprint density at radius 1 is 0.882 bits per heavy atom. The molecule has 1 atom stereocenters. The largest absolute Gasteiger partial charge is 0.485 e. The van der Waals surface area contributed by atoms with Gasteiger partial charge in [-0.2, -0.15) is 4.31 Å². The Bertz CT molecular complexity index is 1140. The summed E-state index contributed by atoms with van der Waals surface area (Å²) >= 11 is 0. The number of halogens is 1. The van der Waals surface area contributed by atoms with Crippen molar-refractivity contribution in [1.82, 2.24) is 9.21 Å². The zero-order valence-electron chi connectivity index (χ0n) is 18.9. The molecule has 34 heavy (non-hydrogen) atoms. The third kappa shape index (κ3) is 4.56. The number of piperidine rings is 1. The molecular weight excluding hydrogens is 461 g/mol. The minimum absolute atomic E-state index is 0.0577. The zero-order chi connectivity index (χ0) is 23.7. The summed E-state index contributed by atoms with van der Waals surface area (Å²) in [6.07, 6.45) is 2.41. The van der Waals surface area contributed by atoms with Crippen LogP contribution >= 0.6 is 0 Å². The van der Waals surface area contributed by atoms with Crippen molar-refractivity contribution in [2.75, 3.05) is 50.8 Å². The fourth-order valence-electron chi connectivity index (χ4n) is 4.64. The number of ether oxygens (including phenoxy) is 2. The number of nitrogens with zero attached hydrogens (tertiary/aromatic N) is 3. The molecular formula is C24H28FN3O5S. The first-order chi connectivity index (χ1) is 16.4. The van der Waals surface area contributed by atoms with E-state index in [9.17, 15) is 17.6 Å². The molecule has 2 aromatic rings.